The highest BCUT2D eigenvalue weighted by Crippen LogP contribution is 2.48. The van der Waals surface area contributed by atoms with Gasteiger partial charge in [-0.05, 0) is 177 Å². The van der Waals surface area contributed by atoms with Crippen LogP contribution in [0, 0.1) is 0 Å². The molecule has 0 spiro atoms. The van der Waals surface area contributed by atoms with Gasteiger partial charge in [-0.2, -0.15) is 0 Å². The normalized spacial score (nSPS) is 14.0. The largest absolute Gasteiger partial charge is 0.507 e. The Bertz CT molecular complexity index is 4160. The van der Waals surface area contributed by atoms with E-state index in [0.717, 1.165) is 134 Å². The molecule has 0 unspecified atom stereocenters. The predicted molar refractivity (Wildman–Crippen MR) is 421 cm³/mol. The molecule has 0 atom stereocenters. The lowest BCUT2D eigenvalue weighted by atomic mass is 9.79. The number of hydrogen-bond donors (Lipinski definition) is 3. The third-order valence-electron chi connectivity index (χ3n) is 21.0. The number of fused-ring (bicyclic) bond motifs is 16. The number of hydrogen-bond acceptors (Lipinski definition) is 8. The van der Waals surface area contributed by atoms with Crippen LogP contribution in [0.4, 0.5) is 0 Å². The molecule has 16 bridgehead atoms. The number of methoxy groups -OCH3 is 5. The lowest BCUT2D eigenvalue weighted by molar-refractivity contribution is 0.396. The Morgan fingerprint density at radius 3 is 0.366 bits per heavy atom. The highest BCUT2D eigenvalue weighted by molar-refractivity contribution is 5.63. The Labute approximate surface area is 608 Å². The first-order valence-electron chi connectivity index (χ1n) is 36.6. The molecule has 8 heteroatoms. The molecule has 542 valence electrons. The third-order valence-corrected chi connectivity index (χ3v) is 21.0. The summed E-state index contributed by atoms with van der Waals surface area (Å²) in [5, 5.41) is 39.0. The van der Waals surface area contributed by atoms with Crippen LogP contribution in [0.2, 0.25) is 0 Å². The number of phenolic OH excluding ortho intramolecular Hbond substituents is 3. The second kappa shape index (κ2) is 28.1. The van der Waals surface area contributed by atoms with Gasteiger partial charge in [-0.1, -0.05) is 263 Å². The minimum absolute atomic E-state index is 0.145. The molecule has 101 heavy (non-hydrogen) atoms. The molecule has 1 aliphatic rings. The summed E-state index contributed by atoms with van der Waals surface area (Å²) in [5.74, 6) is 4.51. The minimum Gasteiger partial charge on any atom is -0.507 e. The molecule has 0 amide bonds. The fourth-order valence-electron chi connectivity index (χ4n) is 14.6. The zero-order valence-electron chi connectivity index (χ0n) is 67.3. The zero-order valence-corrected chi connectivity index (χ0v) is 67.3. The quantitative estimate of drug-likeness (QED) is 0.156. The van der Waals surface area contributed by atoms with Crippen LogP contribution >= 0.6 is 0 Å². The molecule has 0 heterocycles. The second-order valence-electron chi connectivity index (χ2n) is 37.5. The van der Waals surface area contributed by atoms with Crippen molar-refractivity contribution in [3.8, 4) is 46.0 Å². The number of benzene rings is 8. The van der Waals surface area contributed by atoms with Crippen LogP contribution in [0.3, 0.4) is 0 Å². The molecule has 8 aromatic carbocycles. The molecule has 0 aromatic heterocycles. The average Bonchev–Trinajstić information content (AvgIpc) is 0.773. The fraction of sp³-hybridized carbons (Fsp3) is 0.484. The van der Waals surface area contributed by atoms with Crippen molar-refractivity contribution in [3.05, 3.63) is 231 Å². The van der Waals surface area contributed by atoms with Crippen molar-refractivity contribution in [1.82, 2.24) is 0 Å². The molecule has 9 rings (SSSR count). The van der Waals surface area contributed by atoms with Crippen molar-refractivity contribution in [2.75, 3.05) is 35.5 Å². The lowest BCUT2D eigenvalue weighted by Gasteiger charge is -2.28. The molecule has 8 aromatic rings. The van der Waals surface area contributed by atoms with E-state index in [0.29, 0.717) is 49.7 Å². The summed E-state index contributed by atoms with van der Waals surface area (Å²) in [6.45, 7) is 53.9. The molecule has 0 aliphatic heterocycles. The summed E-state index contributed by atoms with van der Waals surface area (Å²) in [4.78, 5) is 0. The topological polar surface area (TPSA) is 107 Å². The number of phenols is 3. The van der Waals surface area contributed by atoms with E-state index in [1.165, 1.54) is 16.7 Å². The smallest absolute Gasteiger partial charge is 0.125 e. The lowest BCUT2D eigenvalue weighted by Crippen LogP contribution is -2.16. The van der Waals surface area contributed by atoms with Crippen LogP contribution in [-0.2, 0) is 94.7 Å². The van der Waals surface area contributed by atoms with Crippen molar-refractivity contribution < 1.29 is 39.0 Å². The van der Waals surface area contributed by atoms with Crippen molar-refractivity contribution in [1.29, 1.82) is 0 Å². The SMILES string of the molecule is COc1c2cc(C(C)(C)C)cc1Cc1cc(C(C)(C)C)cc(c1OC)Cc1cc(C(C)(C)C)cc(c1OC)Cc1cc(C(C)(C)C)cc(c1OC)Cc1cc(C(C)(C)C)cc(c1OC)Cc1cc(C(C)(C)C)cc(c1O)Cc1cc(C(C)(C)C)cc(c1O)Cc1cc(C(C)(C)C)cc(c1O)C2. The van der Waals surface area contributed by atoms with E-state index in [2.05, 4.69) is 263 Å². The number of ether oxygens (including phenoxy) is 5. The molecular formula is C93H122O8. The Kier molecular flexibility index (Phi) is 21.5. The second-order valence-corrected chi connectivity index (χ2v) is 37.5. The molecule has 8 nitrogen and oxygen atoms in total. The van der Waals surface area contributed by atoms with Crippen LogP contribution in [0.5, 0.6) is 46.0 Å². The van der Waals surface area contributed by atoms with Gasteiger partial charge in [-0.25, -0.2) is 0 Å². The highest BCUT2D eigenvalue weighted by atomic mass is 16.5. The van der Waals surface area contributed by atoms with E-state index in [1.54, 1.807) is 35.5 Å². The highest BCUT2D eigenvalue weighted by Gasteiger charge is 2.32. The van der Waals surface area contributed by atoms with Crippen molar-refractivity contribution in [2.45, 2.75) is 261 Å². The summed E-state index contributed by atoms with van der Waals surface area (Å²) in [5.41, 5.74) is 21.6. The van der Waals surface area contributed by atoms with Gasteiger partial charge in [-0.3, -0.25) is 0 Å². The first-order valence-corrected chi connectivity index (χ1v) is 36.6. The maximum absolute atomic E-state index is 13.0. The van der Waals surface area contributed by atoms with Gasteiger partial charge in [0.15, 0.2) is 0 Å². The maximum atomic E-state index is 13.0. The monoisotopic (exact) mass is 1370 g/mol. The summed E-state index contributed by atoms with van der Waals surface area (Å²) in [6.07, 6.45) is 3.37. The molecule has 0 saturated heterocycles. The van der Waals surface area contributed by atoms with E-state index < -0.39 is 0 Å². The Morgan fingerprint density at radius 1 is 0.178 bits per heavy atom. The van der Waals surface area contributed by atoms with E-state index in [4.69, 9.17) is 23.7 Å². The Balaban J connectivity index is 1.39. The van der Waals surface area contributed by atoms with Gasteiger partial charge in [-0.15, -0.1) is 0 Å². The summed E-state index contributed by atoms with van der Waals surface area (Å²) in [7, 11) is 8.93. The minimum atomic E-state index is -0.319. The molecule has 0 fully saturated rings. The summed E-state index contributed by atoms with van der Waals surface area (Å²) in [6, 6.07) is 36.0. The standard InChI is InChI=1S/C93H122O8/c1-86(2,3)70-38-54-30-56-40-71(87(4,5)6)42-58(79(56)95)32-60-44-73(89(10,11)12)46-62(81(60)97-25)34-64-48-75(91(16,17)18)50-66(83(64)99-27)36-68-52-77(93(22,23)24)53-69(85(68)101-29)37-67-51-76(92(19,20)21)49-65(84(67)100-28)35-63-47-74(90(13,14)15)45-61(82(63)98-26)33-59-43-72(88(7,8)9)41-57(80(59)96)31-55(39-70)78(54)94/h38-53,94-96H,30-37H2,1-29H3. The first kappa shape index (κ1) is 77.3. The predicted octanol–water partition coefficient (Wildman–Crippen LogP) is 22.3. The van der Waals surface area contributed by atoms with Gasteiger partial charge < -0.3 is 39.0 Å². The van der Waals surface area contributed by atoms with E-state index in [1.807, 2.05) is 0 Å². The van der Waals surface area contributed by atoms with Crippen LogP contribution in [-0.4, -0.2) is 50.9 Å². The van der Waals surface area contributed by atoms with Gasteiger partial charge in [0.2, 0.25) is 0 Å². The first-order chi connectivity index (χ1) is 46.5. The van der Waals surface area contributed by atoms with Crippen molar-refractivity contribution in [3.63, 3.8) is 0 Å². The average molecular weight is 1370 g/mol. The van der Waals surface area contributed by atoms with Crippen molar-refractivity contribution in [2.24, 2.45) is 0 Å². The fourth-order valence-corrected chi connectivity index (χ4v) is 14.6. The van der Waals surface area contributed by atoms with Gasteiger partial charge in [0.05, 0.1) is 35.5 Å². The van der Waals surface area contributed by atoms with Gasteiger partial charge in [0.1, 0.15) is 46.0 Å². The van der Waals surface area contributed by atoms with Gasteiger partial charge >= 0.3 is 0 Å². The zero-order chi connectivity index (χ0) is 75.0. The molecule has 3 N–H and O–H groups in total. The van der Waals surface area contributed by atoms with E-state index >= 15 is 0 Å². The summed E-state index contributed by atoms with van der Waals surface area (Å²) >= 11 is 0. The van der Waals surface area contributed by atoms with Crippen LogP contribution < -0.4 is 23.7 Å². The van der Waals surface area contributed by atoms with Crippen LogP contribution in [0.1, 0.15) is 300 Å². The van der Waals surface area contributed by atoms with Crippen LogP contribution in [0.25, 0.3) is 0 Å². The van der Waals surface area contributed by atoms with Gasteiger partial charge in [0, 0.05) is 51.4 Å². The van der Waals surface area contributed by atoms with Crippen LogP contribution in [0.15, 0.2) is 97.1 Å². The Morgan fingerprint density at radius 2 is 0.267 bits per heavy atom. The number of rotatable bonds is 5. The molecular weight excluding hydrogens is 1250 g/mol. The van der Waals surface area contributed by atoms with Gasteiger partial charge in [0.25, 0.3) is 0 Å². The maximum Gasteiger partial charge on any atom is 0.125 e. The third kappa shape index (κ3) is 17.0. The molecule has 0 saturated carbocycles. The molecule has 0 radical (unpaired) electrons. The Hall–Kier alpha value is -7.84. The van der Waals surface area contributed by atoms with E-state index in [-0.39, 0.29) is 73.4 Å². The molecule has 1 aliphatic carbocycles. The number of aromatic hydroxyl groups is 3. The van der Waals surface area contributed by atoms with Crippen molar-refractivity contribution >= 4 is 0 Å². The van der Waals surface area contributed by atoms with E-state index in [9.17, 15) is 15.3 Å². The summed E-state index contributed by atoms with van der Waals surface area (Å²) < 4.78 is 33.5.